The summed E-state index contributed by atoms with van der Waals surface area (Å²) < 4.78 is 20.7. The molecule has 1 unspecified atom stereocenters. The van der Waals surface area contributed by atoms with Gasteiger partial charge >= 0.3 is 12.1 Å². The maximum atomic E-state index is 12.8. The van der Waals surface area contributed by atoms with Gasteiger partial charge in [-0.1, -0.05) is 0 Å². The molecule has 0 radical (unpaired) electrons. The summed E-state index contributed by atoms with van der Waals surface area (Å²) >= 11 is 0. The number of ether oxygens (including phenoxy) is 4. The van der Waals surface area contributed by atoms with Crippen molar-refractivity contribution in [1.29, 1.82) is 0 Å². The second-order valence-corrected chi connectivity index (χ2v) is 5.25. The lowest BCUT2D eigenvalue weighted by Gasteiger charge is -2.24. The van der Waals surface area contributed by atoms with Crippen LogP contribution >= 0.6 is 0 Å². The fourth-order valence-electron chi connectivity index (χ4n) is 2.31. The fourth-order valence-corrected chi connectivity index (χ4v) is 2.31. The zero-order valence-corrected chi connectivity index (χ0v) is 14.0. The zero-order chi connectivity index (χ0) is 18.8. The summed E-state index contributed by atoms with van der Waals surface area (Å²) in [4.78, 5) is 34.9. The van der Waals surface area contributed by atoms with Gasteiger partial charge in [0.05, 0.1) is 14.2 Å². The molecule has 1 aliphatic heterocycles. The Hall–Kier alpha value is -3.23. The highest BCUT2D eigenvalue weighted by molar-refractivity contribution is 6.04. The number of amides is 1. The van der Waals surface area contributed by atoms with Crippen molar-refractivity contribution in [2.75, 3.05) is 14.2 Å². The molecule has 1 aliphatic rings. The van der Waals surface area contributed by atoms with Gasteiger partial charge in [-0.2, -0.15) is 0 Å². The van der Waals surface area contributed by atoms with Crippen molar-refractivity contribution < 1.29 is 38.4 Å². The predicted octanol–water partition coefficient (Wildman–Crippen LogP) is 1.52. The van der Waals surface area contributed by atoms with E-state index >= 15 is 0 Å². The van der Waals surface area contributed by atoms with Crippen molar-refractivity contribution >= 4 is 17.8 Å². The minimum atomic E-state index is -1.63. The molecule has 0 saturated carbocycles. The Morgan fingerprint density at radius 3 is 2.16 bits per heavy atom. The minimum absolute atomic E-state index is 0.334. The highest BCUT2D eigenvalue weighted by atomic mass is 16.6. The van der Waals surface area contributed by atoms with Crippen LogP contribution in [0.1, 0.15) is 19.4 Å². The van der Waals surface area contributed by atoms with Crippen LogP contribution < -0.4 is 14.8 Å². The van der Waals surface area contributed by atoms with E-state index in [4.69, 9.17) is 24.1 Å². The maximum absolute atomic E-state index is 12.8. The molecule has 0 spiro atoms. The molecular weight excluding hydrogens is 334 g/mol. The van der Waals surface area contributed by atoms with Gasteiger partial charge in [0.15, 0.2) is 5.60 Å². The van der Waals surface area contributed by atoms with Crippen molar-refractivity contribution in [3.8, 4) is 11.5 Å². The standard InChI is InChI=1S/C16H17NO8/c1-8(18)24-12-13(19)16(2,25-14(12)17-15(20)21)9-5-10(22-3)7-11(6-9)23-4/h5-7,17H,1-4H3,(H,20,21). The van der Waals surface area contributed by atoms with Crippen molar-refractivity contribution in [1.82, 2.24) is 5.32 Å². The number of carbonyl (C=O) groups excluding carboxylic acids is 2. The van der Waals surface area contributed by atoms with Crippen LogP contribution in [-0.4, -0.2) is 37.2 Å². The molecule has 0 saturated heterocycles. The van der Waals surface area contributed by atoms with Gasteiger partial charge in [-0.3, -0.25) is 14.9 Å². The first-order valence-corrected chi connectivity index (χ1v) is 7.11. The molecule has 1 heterocycles. The lowest BCUT2D eigenvalue weighted by molar-refractivity contribution is -0.142. The lowest BCUT2D eigenvalue weighted by atomic mass is 9.91. The Labute approximate surface area is 143 Å². The predicted molar refractivity (Wildman–Crippen MR) is 82.9 cm³/mol. The number of benzene rings is 1. The van der Waals surface area contributed by atoms with Crippen LogP contribution in [0.4, 0.5) is 4.79 Å². The number of nitrogens with one attached hydrogen (secondary N) is 1. The number of carboxylic acid groups (broad SMARTS) is 1. The average Bonchev–Trinajstić information content (AvgIpc) is 2.78. The van der Waals surface area contributed by atoms with Gasteiger partial charge < -0.3 is 24.1 Å². The van der Waals surface area contributed by atoms with Gasteiger partial charge in [-0.15, -0.1) is 0 Å². The van der Waals surface area contributed by atoms with E-state index in [2.05, 4.69) is 0 Å². The smallest absolute Gasteiger partial charge is 0.411 e. The average molecular weight is 351 g/mol. The van der Waals surface area contributed by atoms with E-state index < -0.39 is 35.1 Å². The monoisotopic (exact) mass is 351 g/mol. The van der Waals surface area contributed by atoms with Crippen LogP contribution in [0.15, 0.2) is 29.8 Å². The highest BCUT2D eigenvalue weighted by Crippen LogP contribution is 2.41. The first kappa shape index (κ1) is 18.1. The number of ketones is 1. The Morgan fingerprint density at radius 1 is 1.16 bits per heavy atom. The number of carbonyl (C=O) groups is 3. The fraction of sp³-hybridized carbons (Fsp3) is 0.312. The molecule has 0 aliphatic carbocycles. The molecule has 2 rings (SSSR count). The van der Waals surface area contributed by atoms with Gasteiger partial charge in [0.2, 0.25) is 11.6 Å². The number of esters is 1. The molecule has 25 heavy (non-hydrogen) atoms. The highest BCUT2D eigenvalue weighted by Gasteiger charge is 2.50. The SMILES string of the molecule is COc1cc(OC)cc(C2(C)OC(NC(=O)O)=C(OC(C)=O)C2=O)c1. The lowest BCUT2D eigenvalue weighted by Crippen LogP contribution is -2.32. The molecular formula is C16H17NO8. The summed E-state index contributed by atoms with van der Waals surface area (Å²) in [6.07, 6.45) is -1.47. The van der Waals surface area contributed by atoms with E-state index in [1.807, 2.05) is 5.32 Å². The van der Waals surface area contributed by atoms with E-state index in [1.54, 1.807) is 6.07 Å². The molecule has 1 aromatic carbocycles. The van der Waals surface area contributed by atoms with Gasteiger partial charge in [-0.05, 0) is 19.1 Å². The third-order valence-electron chi connectivity index (χ3n) is 3.52. The normalized spacial score (nSPS) is 19.3. The quantitative estimate of drug-likeness (QED) is 0.766. The van der Waals surface area contributed by atoms with Crippen LogP contribution in [0.3, 0.4) is 0 Å². The van der Waals surface area contributed by atoms with Gasteiger partial charge in [0.1, 0.15) is 11.5 Å². The molecule has 9 nitrogen and oxygen atoms in total. The van der Waals surface area contributed by atoms with Crippen LogP contribution in [0.25, 0.3) is 0 Å². The van der Waals surface area contributed by atoms with Crippen LogP contribution in [0, 0.1) is 0 Å². The van der Waals surface area contributed by atoms with Crippen molar-refractivity contribution in [3.05, 3.63) is 35.4 Å². The Kier molecular flexibility index (Phi) is 4.87. The Morgan fingerprint density at radius 2 is 1.72 bits per heavy atom. The van der Waals surface area contributed by atoms with Crippen LogP contribution in [0.2, 0.25) is 0 Å². The molecule has 0 bridgehead atoms. The van der Waals surface area contributed by atoms with Gasteiger partial charge in [0.25, 0.3) is 5.78 Å². The van der Waals surface area contributed by atoms with Crippen molar-refractivity contribution in [2.24, 2.45) is 0 Å². The molecule has 1 atom stereocenters. The molecule has 1 aromatic rings. The first-order chi connectivity index (χ1) is 11.7. The molecule has 0 fully saturated rings. The number of methoxy groups -OCH3 is 2. The number of Topliss-reactive ketones (excluding diaryl/α,β-unsaturated/α-hetero) is 1. The van der Waals surface area contributed by atoms with Crippen molar-refractivity contribution in [3.63, 3.8) is 0 Å². The van der Waals surface area contributed by atoms with Crippen LogP contribution in [0.5, 0.6) is 11.5 Å². The molecule has 1 amide bonds. The van der Waals surface area contributed by atoms with Crippen molar-refractivity contribution in [2.45, 2.75) is 19.4 Å². The molecule has 2 N–H and O–H groups in total. The van der Waals surface area contributed by atoms with Crippen LogP contribution in [-0.2, 0) is 24.7 Å². The maximum Gasteiger partial charge on any atom is 0.411 e. The van der Waals surface area contributed by atoms with E-state index in [1.165, 1.54) is 33.3 Å². The number of hydrogen-bond donors (Lipinski definition) is 2. The Balaban J connectivity index is 2.51. The molecule has 134 valence electrons. The zero-order valence-electron chi connectivity index (χ0n) is 14.0. The summed E-state index contributed by atoms with van der Waals surface area (Å²) in [5.41, 5.74) is -1.30. The largest absolute Gasteiger partial charge is 0.497 e. The van der Waals surface area contributed by atoms with E-state index in [-0.39, 0.29) is 0 Å². The topological polar surface area (TPSA) is 120 Å². The first-order valence-electron chi connectivity index (χ1n) is 7.11. The second-order valence-electron chi connectivity index (χ2n) is 5.25. The summed E-state index contributed by atoms with van der Waals surface area (Å²) in [6.45, 7) is 2.51. The molecule has 0 aromatic heterocycles. The van der Waals surface area contributed by atoms with E-state index in [9.17, 15) is 14.4 Å². The summed E-state index contributed by atoms with van der Waals surface area (Å²) in [5.74, 6) is -1.68. The third kappa shape index (κ3) is 3.49. The molecule has 9 heteroatoms. The van der Waals surface area contributed by atoms with E-state index in [0.29, 0.717) is 17.1 Å². The van der Waals surface area contributed by atoms with Gasteiger partial charge in [-0.25, -0.2) is 4.79 Å². The Bertz CT molecular complexity index is 747. The third-order valence-corrected chi connectivity index (χ3v) is 3.52. The van der Waals surface area contributed by atoms with E-state index in [0.717, 1.165) is 6.92 Å². The summed E-state index contributed by atoms with van der Waals surface area (Å²) in [7, 11) is 2.89. The summed E-state index contributed by atoms with van der Waals surface area (Å²) in [5, 5.41) is 10.8. The number of hydrogen-bond acceptors (Lipinski definition) is 7. The second kappa shape index (κ2) is 6.71. The summed E-state index contributed by atoms with van der Waals surface area (Å²) in [6, 6.07) is 4.67. The minimum Gasteiger partial charge on any atom is -0.497 e. The van der Waals surface area contributed by atoms with Gasteiger partial charge in [0, 0.05) is 18.6 Å². The number of rotatable bonds is 5.